The Labute approximate surface area is 142 Å². The van der Waals surface area contributed by atoms with E-state index in [1.54, 1.807) is 29.3 Å². The van der Waals surface area contributed by atoms with Gasteiger partial charge in [-0.25, -0.2) is 15.0 Å². The molecule has 0 saturated carbocycles. The Balaban J connectivity index is 1.96. The van der Waals surface area contributed by atoms with E-state index < -0.39 is 30.5 Å². The van der Waals surface area contributed by atoms with E-state index in [1.807, 2.05) is 0 Å². The van der Waals surface area contributed by atoms with Gasteiger partial charge in [0.25, 0.3) is 0 Å². The Bertz CT molecular complexity index is 761. The smallest absolute Gasteiger partial charge is 0.369 e. The molecule has 136 valence electrons. The molecular formula is C15H19F3N6O. The third-order valence-electron chi connectivity index (χ3n) is 4.58. The standard InChI is InChI=1S/C15H19F3N6O/c1-23(14-10-4-5-20-13(10)21-8-22-14)24-6-2-3-9(12(19)25)11(24)7-15(16,17)18/h4-5,8-9,11H,2-3,6-7H2,1H3,(H2,19,25)(H,20,21,22). The summed E-state index contributed by atoms with van der Waals surface area (Å²) in [4.78, 5) is 22.9. The minimum Gasteiger partial charge on any atom is -0.369 e. The van der Waals surface area contributed by atoms with Crippen LogP contribution in [0, 0.1) is 5.92 Å². The summed E-state index contributed by atoms with van der Waals surface area (Å²) in [6.45, 7) is 0.386. The number of amides is 1. The lowest BCUT2D eigenvalue weighted by molar-refractivity contribution is -0.158. The number of primary amides is 1. The lowest BCUT2D eigenvalue weighted by Gasteiger charge is -2.45. The monoisotopic (exact) mass is 356 g/mol. The van der Waals surface area contributed by atoms with Gasteiger partial charge in [-0.3, -0.25) is 9.80 Å². The zero-order valence-electron chi connectivity index (χ0n) is 13.6. The summed E-state index contributed by atoms with van der Waals surface area (Å²) in [6, 6.07) is 0.704. The second-order valence-electron chi connectivity index (χ2n) is 6.16. The molecule has 3 heterocycles. The minimum atomic E-state index is -4.40. The molecule has 0 aliphatic carbocycles. The van der Waals surface area contributed by atoms with Crippen molar-refractivity contribution in [3.05, 3.63) is 18.6 Å². The molecule has 2 aromatic rings. The molecule has 3 rings (SSSR count). The first kappa shape index (κ1) is 17.5. The molecular weight excluding hydrogens is 337 g/mol. The van der Waals surface area contributed by atoms with Gasteiger partial charge in [0.05, 0.1) is 17.7 Å². The van der Waals surface area contributed by atoms with Crippen LogP contribution in [0.2, 0.25) is 0 Å². The van der Waals surface area contributed by atoms with Gasteiger partial charge in [-0.05, 0) is 18.9 Å². The second-order valence-corrected chi connectivity index (χ2v) is 6.16. The van der Waals surface area contributed by atoms with Crippen molar-refractivity contribution in [3.8, 4) is 0 Å². The number of H-pyrrole nitrogens is 1. The maximum Gasteiger partial charge on any atom is 0.390 e. The quantitative estimate of drug-likeness (QED) is 0.872. The zero-order chi connectivity index (χ0) is 18.2. The number of aromatic amines is 1. The van der Waals surface area contributed by atoms with Crippen LogP contribution < -0.4 is 10.7 Å². The molecule has 0 spiro atoms. The summed E-state index contributed by atoms with van der Waals surface area (Å²) in [5.74, 6) is -1.09. The van der Waals surface area contributed by atoms with Gasteiger partial charge in [0.2, 0.25) is 5.91 Å². The highest BCUT2D eigenvalue weighted by molar-refractivity contribution is 5.87. The molecule has 0 radical (unpaired) electrons. The highest BCUT2D eigenvalue weighted by Crippen LogP contribution is 2.35. The van der Waals surface area contributed by atoms with E-state index in [-0.39, 0.29) is 0 Å². The van der Waals surface area contributed by atoms with Crippen molar-refractivity contribution < 1.29 is 18.0 Å². The zero-order valence-corrected chi connectivity index (χ0v) is 13.6. The molecule has 3 N–H and O–H groups in total. The lowest BCUT2D eigenvalue weighted by Crippen LogP contribution is -2.57. The van der Waals surface area contributed by atoms with Crippen LogP contribution in [0.3, 0.4) is 0 Å². The molecule has 25 heavy (non-hydrogen) atoms. The number of nitrogens with zero attached hydrogens (tertiary/aromatic N) is 4. The summed E-state index contributed by atoms with van der Waals surface area (Å²) in [5, 5.41) is 3.81. The maximum absolute atomic E-state index is 13.1. The normalized spacial score (nSPS) is 22.2. The van der Waals surface area contributed by atoms with Crippen LogP contribution in [0.25, 0.3) is 11.0 Å². The summed E-state index contributed by atoms with van der Waals surface area (Å²) >= 11 is 0. The molecule has 1 saturated heterocycles. The molecule has 0 bridgehead atoms. The number of fused-ring (bicyclic) bond motifs is 1. The van der Waals surface area contributed by atoms with Crippen LogP contribution in [-0.2, 0) is 4.79 Å². The molecule has 7 nitrogen and oxygen atoms in total. The van der Waals surface area contributed by atoms with Crippen LogP contribution in [0.5, 0.6) is 0 Å². The number of aromatic nitrogens is 3. The highest BCUT2D eigenvalue weighted by atomic mass is 19.4. The highest BCUT2D eigenvalue weighted by Gasteiger charge is 2.44. The fourth-order valence-corrected chi connectivity index (χ4v) is 3.47. The van der Waals surface area contributed by atoms with E-state index in [9.17, 15) is 18.0 Å². The number of anilines is 1. The van der Waals surface area contributed by atoms with Crippen LogP contribution in [-0.4, -0.2) is 51.7 Å². The number of alkyl halides is 3. The Hall–Kier alpha value is -2.36. The first-order valence-corrected chi connectivity index (χ1v) is 7.92. The molecule has 10 heteroatoms. The van der Waals surface area contributed by atoms with Gasteiger partial charge in [-0.15, -0.1) is 0 Å². The van der Waals surface area contributed by atoms with E-state index in [0.717, 1.165) is 0 Å². The molecule has 2 atom stereocenters. The summed E-state index contributed by atoms with van der Waals surface area (Å²) < 4.78 is 39.3. The molecule has 2 unspecified atom stereocenters. The predicted molar refractivity (Wildman–Crippen MR) is 85.4 cm³/mol. The van der Waals surface area contributed by atoms with Gasteiger partial charge in [0.15, 0.2) is 5.82 Å². The number of nitrogens with one attached hydrogen (secondary N) is 1. The Morgan fingerprint density at radius 2 is 2.24 bits per heavy atom. The molecule has 1 aliphatic rings. The Morgan fingerprint density at radius 1 is 1.48 bits per heavy atom. The third kappa shape index (κ3) is 3.53. The number of hydrazine groups is 1. The molecule has 1 aliphatic heterocycles. The molecule has 2 aromatic heterocycles. The minimum absolute atomic E-state index is 0.351. The lowest BCUT2D eigenvalue weighted by atomic mass is 9.87. The number of piperidine rings is 1. The van der Waals surface area contributed by atoms with Crippen LogP contribution in [0.4, 0.5) is 19.0 Å². The van der Waals surface area contributed by atoms with Crippen molar-refractivity contribution in [2.24, 2.45) is 11.7 Å². The van der Waals surface area contributed by atoms with Gasteiger partial charge >= 0.3 is 6.18 Å². The number of carbonyl (C=O) groups is 1. The summed E-state index contributed by atoms with van der Waals surface area (Å²) in [5.41, 5.74) is 5.96. The second kappa shape index (κ2) is 6.51. The van der Waals surface area contributed by atoms with Crippen LogP contribution >= 0.6 is 0 Å². The summed E-state index contributed by atoms with van der Waals surface area (Å²) in [7, 11) is 1.64. The number of hydrogen-bond donors (Lipinski definition) is 2. The maximum atomic E-state index is 13.1. The van der Waals surface area contributed by atoms with Gasteiger partial charge in [-0.1, -0.05) is 0 Å². The van der Waals surface area contributed by atoms with E-state index in [4.69, 9.17) is 5.73 Å². The third-order valence-corrected chi connectivity index (χ3v) is 4.58. The fraction of sp³-hybridized carbons (Fsp3) is 0.533. The van der Waals surface area contributed by atoms with E-state index in [2.05, 4.69) is 15.0 Å². The summed E-state index contributed by atoms with van der Waals surface area (Å²) in [6.07, 6.45) is -1.54. The largest absolute Gasteiger partial charge is 0.390 e. The average molecular weight is 356 g/mol. The molecule has 1 fully saturated rings. The topological polar surface area (TPSA) is 91.1 Å². The number of nitrogens with two attached hydrogens (primary N) is 1. The predicted octanol–water partition coefficient (Wildman–Crippen LogP) is 1.83. The van der Waals surface area contributed by atoms with Crippen molar-refractivity contribution in [1.82, 2.24) is 20.0 Å². The Morgan fingerprint density at radius 3 is 2.92 bits per heavy atom. The van der Waals surface area contributed by atoms with E-state index in [1.165, 1.54) is 6.33 Å². The average Bonchev–Trinajstić information content (AvgIpc) is 3.01. The first-order valence-electron chi connectivity index (χ1n) is 7.92. The SMILES string of the molecule is CN(c1ncnc2[nH]ccc12)N1CCCC(C(N)=O)C1CC(F)(F)F. The van der Waals surface area contributed by atoms with Gasteiger partial charge in [-0.2, -0.15) is 13.2 Å². The van der Waals surface area contributed by atoms with Crippen molar-refractivity contribution in [2.75, 3.05) is 18.6 Å². The Kier molecular flexibility index (Phi) is 4.55. The number of rotatable bonds is 4. The van der Waals surface area contributed by atoms with Crippen molar-refractivity contribution >= 4 is 22.8 Å². The fourth-order valence-electron chi connectivity index (χ4n) is 3.47. The first-order chi connectivity index (χ1) is 11.8. The van der Waals surface area contributed by atoms with Crippen molar-refractivity contribution in [3.63, 3.8) is 0 Å². The van der Waals surface area contributed by atoms with Crippen molar-refractivity contribution in [1.29, 1.82) is 0 Å². The molecule has 0 aromatic carbocycles. The number of halogens is 3. The van der Waals surface area contributed by atoms with Crippen molar-refractivity contribution in [2.45, 2.75) is 31.5 Å². The van der Waals surface area contributed by atoms with Gasteiger partial charge < -0.3 is 10.7 Å². The van der Waals surface area contributed by atoms with Gasteiger partial charge in [0.1, 0.15) is 12.0 Å². The number of hydrogen-bond acceptors (Lipinski definition) is 5. The molecule has 1 amide bonds. The number of carbonyl (C=O) groups excluding carboxylic acids is 1. The van der Waals surface area contributed by atoms with Crippen LogP contribution in [0.15, 0.2) is 18.6 Å². The van der Waals surface area contributed by atoms with E-state index >= 15 is 0 Å². The van der Waals surface area contributed by atoms with E-state index in [0.29, 0.717) is 36.2 Å². The van der Waals surface area contributed by atoms with Crippen LogP contribution in [0.1, 0.15) is 19.3 Å². The van der Waals surface area contributed by atoms with Gasteiger partial charge in [0, 0.05) is 25.8 Å².